The van der Waals surface area contributed by atoms with Crippen LogP contribution in [0.5, 0.6) is 0 Å². The minimum Gasteiger partial charge on any atom is -0.340 e. The molecule has 1 heterocycles. The van der Waals surface area contributed by atoms with Crippen molar-refractivity contribution in [3.05, 3.63) is 47.2 Å². The molecule has 4 heteroatoms. The van der Waals surface area contributed by atoms with E-state index in [4.69, 9.17) is 0 Å². The molecule has 0 unspecified atom stereocenters. The summed E-state index contributed by atoms with van der Waals surface area (Å²) in [7, 11) is 0. The topological polar surface area (TPSA) is 37.8 Å². The van der Waals surface area contributed by atoms with Gasteiger partial charge in [0.1, 0.15) is 18.0 Å². The molecule has 0 aliphatic heterocycles. The van der Waals surface area contributed by atoms with Gasteiger partial charge in [-0.05, 0) is 44.5 Å². The highest BCUT2D eigenvalue weighted by molar-refractivity contribution is 5.62. The number of aromatic nitrogens is 2. The van der Waals surface area contributed by atoms with E-state index in [1.165, 1.54) is 18.5 Å². The number of rotatable bonds is 2. The van der Waals surface area contributed by atoms with Gasteiger partial charge < -0.3 is 5.32 Å². The molecule has 17 heavy (non-hydrogen) atoms. The molecule has 3 nitrogen and oxygen atoms in total. The van der Waals surface area contributed by atoms with Crippen LogP contribution in [0.3, 0.4) is 0 Å². The Labute approximate surface area is 99.7 Å². The van der Waals surface area contributed by atoms with E-state index in [0.717, 1.165) is 28.3 Å². The fourth-order valence-electron chi connectivity index (χ4n) is 1.56. The number of hydrogen-bond acceptors (Lipinski definition) is 3. The van der Waals surface area contributed by atoms with Gasteiger partial charge in [-0.2, -0.15) is 0 Å². The number of nitrogens with zero attached hydrogens (tertiary/aromatic N) is 2. The van der Waals surface area contributed by atoms with E-state index in [1.54, 1.807) is 6.07 Å². The lowest BCUT2D eigenvalue weighted by atomic mass is 10.2. The van der Waals surface area contributed by atoms with E-state index < -0.39 is 0 Å². The van der Waals surface area contributed by atoms with Crippen LogP contribution in [0.25, 0.3) is 0 Å². The molecule has 0 atom stereocenters. The quantitative estimate of drug-likeness (QED) is 0.861. The van der Waals surface area contributed by atoms with E-state index in [9.17, 15) is 4.39 Å². The maximum Gasteiger partial charge on any atom is 0.136 e. The number of hydrogen-bond donors (Lipinski definition) is 1. The monoisotopic (exact) mass is 231 g/mol. The fraction of sp³-hybridized carbons (Fsp3) is 0.231. The molecule has 2 rings (SSSR count). The molecule has 0 radical (unpaired) electrons. The first-order valence-electron chi connectivity index (χ1n) is 5.39. The van der Waals surface area contributed by atoms with Crippen molar-refractivity contribution in [2.24, 2.45) is 0 Å². The number of aryl methyl sites for hydroxylation is 2. The molecule has 0 amide bonds. The molecule has 0 aliphatic rings. The van der Waals surface area contributed by atoms with E-state index in [-0.39, 0.29) is 5.82 Å². The van der Waals surface area contributed by atoms with Crippen LogP contribution in [0.1, 0.15) is 16.8 Å². The van der Waals surface area contributed by atoms with Crippen molar-refractivity contribution in [1.29, 1.82) is 0 Å². The molecule has 0 spiro atoms. The minimum atomic E-state index is -0.233. The lowest BCUT2D eigenvalue weighted by Gasteiger charge is -2.11. The SMILES string of the molecule is Cc1cc(F)ccc1Nc1ncnc(C)c1C. The van der Waals surface area contributed by atoms with Gasteiger partial charge in [0.15, 0.2) is 0 Å². The highest BCUT2D eigenvalue weighted by atomic mass is 19.1. The summed E-state index contributed by atoms with van der Waals surface area (Å²) in [5, 5.41) is 3.19. The average molecular weight is 231 g/mol. The largest absolute Gasteiger partial charge is 0.340 e. The average Bonchev–Trinajstić information content (AvgIpc) is 2.28. The van der Waals surface area contributed by atoms with Gasteiger partial charge in [-0.1, -0.05) is 0 Å². The van der Waals surface area contributed by atoms with E-state index >= 15 is 0 Å². The Bertz CT molecular complexity index is 552. The van der Waals surface area contributed by atoms with Gasteiger partial charge in [-0.25, -0.2) is 14.4 Å². The van der Waals surface area contributed by atoms with Crippen molar-refractivity contribution in [2.75, 3.05) is 5.32 Å². The van der Waals surface area contributed by atoms with Crippen molar-refractivity contribution in [1.82, 2.24) is 9.97 Å². The number of anilines is 2. The molecule has 1 N–H and O–H groups in total. The number of benzene rings is 1. The van der Waals surface area contributed by atoms with Crippen molar-refractivity contribution in [2.45, 2.75) is 20.8 Å². The van der Waals surface area contributed by atoms with Crippen LogP contribution in [-0.2, 0) is 0 Å². The van der Waals surface area contributed by atoms with Gasteiger partial charge in [0.25, 0.3) is 0 Å². The van der Waals surface area contributed by atoms with Crippen LogP contribution in [0.4, 0.5) is 15.9 Å². The summed E-state index contributed by atoms with van der Waals surface area (Å²) < 4.78 is 13.0. The van der Waals surface area contributed by atoms with Crippen molar-refractivity contribution in [3.63, 3.8) is 0 Å². The molecule has 88 valence electrons. The van der Waals surface area contributed by atoms with Gasteiger partial charge in [-0.15, -0.1) is 0 Å². The normalized spacial score (nSPS) is 10.4. The predicted molar refractivity (Wildman–Crippen MR) is 65.9 cm³/mol. The Morgan fingerprint density at radius 3 is 2.59 bits per heavy atom. The summed E-state index contributed by atoms with van der Waals surface area (Å²) >= 11 is 0. The third-order valence-electron chi connectivity index (χ3n) is 2.78. The summed E-state index contributed by atoms with van der Waals surface area (Å²) in [6.45, 7) is 5.74. The third-order valence-corrected chi connectivity index (χ3v) is 2.78. The number of nitrogens with one attached hydrogen (secondary N) is 1. The van der Waals surface area contributed by atoms with Crippen LogP contribution in [0.15, 0.2) is 24.5 Å². The summed E-state index contributed by atoms with van der Waals surface area (Å²) in [4.78, 5) is 8.29. The Morgan fingerprint density at radius 2 is 1.88 bits per heavy atom. The van der Waals surface area contributed by atoms with Crippen LogP contribution in [-0.4, -0.2) is 9.97 Å². The van der Waals surface area contributed by atoms with Crippen LogP contribution < -0.4 is 5.32 Å². The lowest BCUT2D eigenvalue weighted by Crippen LogP contribution is -2.01. The standard InChI is InChI=1S/C13H14FN3/c1-8-6-11(14)4-5-12(8)17-13-9(2)10(3)15-7-16-13/h4-7H,1-3H3,(H,15,16,17). The molecule has 0 bridgehead atoms. The molecule has 0 fully saturated rings. The summed E-state index contributed by atoms with van der Waals surface area (Å²) in [5.41, 5.74) is 3.63. The molecule has 1 aromatic carbocycles. The van der Waals surface area contributed by atoms with Gasteiger partial charge in [-0.3, -0.25) is 0 Å². The highest BCUT2D eigenvalue weighted by Gasteiger charge is 2.05. The minimum absolute atomic E-state index is 0.233. The molecular weight excluding hydrogens is 217 g/mol. The Morgan fingerprint density at radius 1 is 1.12 bits per heavy atom. The van der Waals surface area contributed by atoms with E-state index in [2.05, 4.69) is 15.3 Å². The first kappa shape index (κ1) is 11.5. The fourth-order valence-corrected chi connectivity index (χ4v) is 1.56. The predicted octanol–water partition coefficient (Wildman–Crippen LogP) is 3.28. The van der Waals surface area contributed by atoms with Crippen LogP contribution in [0.2, 0.25) is 0 Å². The highest BCUT2D eigenvalue weighted by Crippen LogP contribution is 2.22. The molecule has 0 aliphatic carbocycles. The molecule has 2 aromatic rings. The second-order valence-corrected chi connectivity index (χ2v) is 4.02. The second kappa shape index (κ2) is 4.49. The Hall–Kier alpha value is -1.97. The van der Waals surface area contributed by atoms with Gasteiger partial charge in [0, 0.05) is 16.9 Å². The zero-order chi connectivity index (χ0) is 12.4. The van der Waals surface area contributed by atoms with Crippen molar-refractivity contribution in [3.8, 4) is 0 Å². The molecule has 1 aromatic heterocycles. The molecule has 0 saturated heterocycles. The van der Waals surface area contributed by atoms with E-state index in [1.807, 2.05) is 20.8 Å². The Kier molecular flexibility index (Phi) is 3.04. The maximum atomic E-state index is 13.0. The summed E-state index contributed by atoms with van der Waals surface area (Å²) in [6.07, 6.45) is 1.52. The van der Waals surface area contributed by atoms with Crippen LogP contribution in [0, 0.1) is 26.6 Å². The first-order chi connectivity index (χ1) is 8.08. The lowest BCUT2D eigenvalue weighted by molar-refractivity contribution is 0.627. The van der Waals surface area contributed by atoms with Gasteiger partial charge in [0.05, 0.1) is 0 Å². The van der Waals surface area contributed by atoms with Crippen molar-refractivity contribution >= 4 is 11.5 Å². The summed E-state index contributed by atoms with van der Waals surface area (Å²) in [5.74, 6) is 0.524. The first-order valence-corrected chi connectivity index (χ1v) is 5.39. The molecular formula is C13H14FN3. The van der Waals surface area contributed by atoms with Gasteiger partial charge >= 0.3 is 0 Å². The third kappa shape index (κ3) is 2.41. The summed E-state index contributed by atoms with van der Waals surface area (Å²) in [6, 6.07) is 4.63. The zero-order valence-electron chi connectivity index (χ0n) is 10.1. The smallest absolute Gasteiger partial charge is 0.136 e. The Balaban J connectivity index is 2.35. The van der Waals surface area contributed by atoms with E-state index in [0.29, 0.717) is 0 Å². The number of halogens is 1. The van der Waals surface area contributed by atoms with Gasteiger partial charge in [0.2, 0.25) is 0 Å². The molecule has 0 saturated carbocycles. The zero-order valence-corrected chi connectivity index (χ0v) is 10.1. The maximum absolute atomic E-state index is 13.0. The van der Waals surface area contributed by atoms with Crippen LogP contribution >= 0.6 is 0 Å². The van der Waals surface area contributed by atoms with Crippen molar-refractivity contribution < 1.29 is 4.39 Å². The second-order valence-electron chi connectivity index (χ2n) is 4.02.